The minimum absolute atomic E-state index is 0.0463. The van der Waals surface area contributed by atoms with Crippen LogP contribution in [-0.2, 0) is 0 Å². The van der Waals surface area contributed by atoms with Crippen molar-refractivity contribution in [1.29, 1.82) is 0 Å². The number of pyridine rings is 1. The van der Waals surface area contributed by atoms with Gasteiger partial charge in [-0.15, -0.1) is 0 Å². The Bertz CT molecular complexity index is 1290. The molecule has 3 aromatic rings. The molecule has 14 heteroatoms. The fourth-order valence-electron chi connectivity index (χ4n) is 4.40. The lowest BCUT2D eigenvalue weighted by molar-refractivity contribution is -0.149. The fraction of sp³-hybridized carbons (Fsp3) is 0.458. The van der Waals surface area contributed by atoms with E-state index in [4.69, 9.17) is 30.5 Å². The largest absolute Gasteiger partial charge is 0.493 e. The van der Waals surface area contributed by atoms with E-state index in [-0.39, 0.29) is 6.79 Å². The van der Waals surface area contributed by atoms with Gasteiger partial charge in [0.2, 0.25) is 12.5 Å². The highest BCUT2D eigenvalue weighted by atomic mass is 35.5. The van der Waals surface area contributed by atoms with Gasteiger partial charge >= 0.3 is 6.18 Å². The number of rotatable bonds is 9. The Labute approximate surface area is 221 Å². The van der Waals surface area contributed by atoms with Gasteiger partial charge in [-0.3, -0.25) is 4.90 Å². The number of piperazine rings is 1. The van der Waals surface area contributed by atoms with Crippen LogP contribution in [0.2, 0.25) is 5.02 Å². The van der Waals surface area contributed by atoms with Gasteiger partial charge in [-0.25, -0.2) is 15.0 Å². The topological polar surface area (TPSA) is 94.1 Å². The minimum atomic E-state index is -4.16. The summed E-state index contributed by atoms with van der Waals surface area (Å²) in [6, 6.07) is 3.55. The molecule has 4 heterocycles. The van der Waals surface area contributed by atoms with Crippen LogP contribution >= 0.6 is 11.6 Å². The molecule has 1 saturated heterocycles. The first-order valence-electron chi connectivity index (χ1n) is 12.0. The molecule has 1 N–H and O–H groups in total. The van der Waals surface area contributed by atoms with Crippen LogP contribution in [0.5, 0.6) is 23.1 Å². The Morgan fingerprint density at radius 1 is 1.05 bits per heavy atom. The Hall–Kier alpha value is -3.29. The monoisotopic (exact) mass is 554 g/mol. The van der Waals surface area contributed by atoms with E-state index < -0.39 is 12.7 Å². The van der Waals surface area contributed by atoms with Crippen LogP contribution < -0.4 is 24.3 Å². The molecule has 0 aliphatic carbocycles. The summed E-state index contributed by atoms with van der Waals surface area (Å²) in [7, 11) is 1.54. The molecule has 0 bridgehead atoms. The SMILES string of the molecule is COc1cc2c(Nc3c(Cl)cnc4c3OCO4)ncnc2cc1OCCCN1CCN(CC(F)(F)F)CC1. The fourth-order valence-corrected chi connectivity index (χ4v) is 4.58. The van der Waals surface area contributed by atoms with Crippen LogP contribution in [0, 0.1) is 0 Å². The third-order valence-electron chi connectivity index (χ3n) is 6.26. The lowest BCUT2D eigenvalue weighted by Crippen LogP contribution is -2.49. The van der Waals surface area contributed by atoms with Gasteiger partial charge in [0.05, 0.1) is 37.0 Å². The van der Waals surface area contributed by atoms with E-state index in [1.54, 1.807) is 19.2 Å². The molecule has 2 aliphatic rings. The summed E-state index contributed by atoms with van der Waals surface area (Å²) in [5.41, 5.74) is 1.10. The second-order valence-corrected chi connectivity index (χ2v) is 9.23. The Morgan fingerprint density at radius 2 is 1.84 bits per heavy atom. The highest BCUT2D eigenvalue weighted by Crippen LogP contribution is 2.44. The second-order valence-electron chi connectivity index (χ2n) is 8.82. The molecule has 0 radical (unpaired) electrons. The van der Waals surface area contributed by atoms with Gasteiger partial charge in [-0.2, -0.15) is 13.2 Å². The van der Waals surface area contributed by atoms with Crippen molar-refractivity contribution in [2.75, 3.05) is 65.1 Å². The number of hydrogen-bond donors (Lipinski definition) is 1. The van der Waals surface area contributed by atoms with Crippen molar-refractivity contribution in [3.05, 3.63) is 29.7 Å². The summed E-state index contributed by atoms with van der Waals surface area (Å²) < 4.78 is 60.1. The summed E-state index contributed by atoms with van der Waals surface area (Å²) in [4.78, 5) is 16.4. The molecule has 0 atom stereocenters. The number of hydrogen-bond acceptors (Lipinski definition) is 10. The van der Waals surface area contributed by atoms with Crippen molar-refractivity contribution in [3.63, 3.8) is 0 Å². The van der Waals surface area contributed by atoms with E-state index in [9.17, 15) is 13.2 Å². The zero-order valence-electron chi connectivity index (χ0n) is 20.6. The van der Waals surface area contributed by atoms with Crippen LogP contribution in [0.4, 0.5) is 24.7 Å². The number of nitrogens with one attached hydrogen (secondary N) is 1. The van der Waals surface area contributed by atoms with Gasteiger partial charge in [0.1, 0.15) is 17.8 Å². The van der Waals surface area contributed by atoms with E-state index in [0.717, 1.165) is 6.54 Å². The number of alkyl halides is 3. The Kier molecular flexibility index (Phi) is 7.77. The van der Waals surface area contributed by atoms with E-state index in [1.165, 1.54) is 17.4 Å². The maximum Gasteiger partial charge on any atom is 0.401 e. The molecule has 204 valence electrons. The average molecular weight is 555 g/mol. The highest BCUT2D eigenvalue weighted by molar-refractivity contribution is 6.33. The smallest absolute Gasteiger partial charge is 0.401 e. The van der Waals surface area contributed by atoms with Crippen LogP contribution in [-0.4, -0.2) is 90.7 Å². The van der Waals surface area contributed by atoms with Gasteiger partial charge < -0.3 is 29.2 Å². The summed E-state index contributed by atoms with van der Waals surface area (Å²) in [5.74, 6) is 2.25. The summed E-state index contributed by atoms with van der Waals surface area (Å²) >= 11 is 6.35. The van der Waals surface area contributed by atoms with Gasteiger partial charge in [0.25, 0.3) is 5.88 Å². The van der Waals surface area contributed by atoms with Gasteiger partial charge in [-0.1, -0.05) is 11.6 Å². The first-order chi connectivity index (χ1) is 18.3. The highest BCUT2D eigenvalue weighted by Gasteiger charge is 2.32. The maximum absolute atomic E-state index is 12.6. The predicted molar refractivity (Wildman–Crippen MR) is 134 cm³/mol. The summed E-state index contributed by atoms with van der Waals surface area (Å²) in [6.45, 7) is 2.35. The number of halogens is 4. The third-order valence-corrected chi connectivity index (χ3v) is 6.55. The maximum atomic E-state index is 12.6. The number of methoxy groups -OCH3 is 1. The molecule has 2 aromatic heterocycles. The number of anilines is 2. The van der Waals surface area contributed by atoms with Gasteiger partial charge in [0, 0.05) is 44.2 Å². The van der Waals surface area contributed by atoms with E-state index in [2.05, 4.69) is 25.2 Å². The molecule has 38 heavy (non-hydrogen) atoms. The lowest BCUT2D eigenvalue weighted by atomic mass is 10.2. The van der Waals surface area contributed by atoms with Crippen molar-refractivity contribution in [2.45, 2.75) is 12.6 Å². The number of nitrogens with zero attached hydrogens (tertiary/aromatic N) is 5. The molecule has 2 aliphatic heterocycles. The van der Waals surface area contributed by atoms with Crippen LogP contribution in [0.25, 0.3) is 10.9 Å². The molecular weight excluding hydrogens is 529 g/mol. The normalized spacial score (nSPS) is 16.1. The van der Waals surface area contributed by atoms with Gasteiger partial charge in [0.15, 0.2) is 11.5 Å². The molecule has 0 unspecified atom stereocenters. The predicted octanol–water partition coefficient (Wildman–Crippen LogP) is 4.11. The van der Waals surface area contributed by atoms with Crippen molar-refractivity contribution in [3.8, 4) is 23.1 Å². The molecule has 0 amide bonds. The number of ether oxygens (including phenoxy) is 4. The van der Waals surface area contributed by atoms with E-state index in [1.807, 2.05) is 0 Å². The molecule has 0 saturated carbocycles. The second kappa shape index (κ2) is 11.2. The molecule has 1 fully saturated rings. The summed E-state index contributed by atoms with van der Waals surface area (Å²) in [6.07, 6.45) is -0.557. The number of fused-ring (bicyclic) bond motifs is 2. The third kappa shape index (κ3) is 6.05. The number of benzene rings is 1. The average Bonchev–Trinajstić information content (AvgIpc) is 3.37. The summed E-state index contributed by atoms with van der Waals surface area (Å²) in [5, 5.41) is 4.21. The van der Waals surface area contributed by atoms with Crippen molar-refractivity contribution in [2.24, 2.45) is 0 Å². The number of aromatic nitrogens is 3. The molecule has 5 rings (SSSR count). The van der Waals surface area contributed by atoms with E-state index >= 15 is 0 Å². The first kappa shape index (κ1) is 26.3. The molecule has 0 spiro atoms. The van der Waals surface area contributed by atoms with E-state index in [0.29, 0.717) is 89.8 Å². The first-order valence-corrected chi connectivity index (χ1v) is 12.4. The lowest BCUT2D eigenvalue weighted by Gasteiger charge is -2.34. The van der Waals surface area contributed by atoms with Crippen molar-refractivity contribution >= 4 is 34.0 Å². The van der Waals surface area contributed by atoms with Gasteiger partial charge in [-0.05, 0) is 12.5 Å². The Morgan fingerprint density at radius 3 is 2.61 bits per heavy atom. The van der Waals surface area contributed by atoms with Crippen molar-refractivity contribution < 1.29 is 32.1 Å². The van der Waals surface area contributed by atoms with Crippen LogP contribution in [0.3, 0.4) is 0 Å². The minimum Gasteiger partial charge on any atom is -0.493 e. The van der Waals surface area contributed by atoms with Crippen LogP contribution in [0.1, 0.15) is 6.42 Å². The standard InChI is InChI=1S/C24H26ClF3N6O4/c1-35-18-9-15-17(30-13-31-22(15)32-20-16(25)11-29-23-21(20)37-14-38-23)10-19(18)36-8-2-3-33-4-6-34(7-5-33)12-24(26,27)28/h9-11,13H,2-8,12,14H2,1H3,(H,29,30,31,32). The molecule has 10 nitrogen and oxygen atoms in total. The zero-order valence-corrected chi connectivity index (χ0v) is 21.3. The Balaban J connectivity index is 1.22. The molecule has 1 aromatic carbocycles. The van der Waals surface area contributed by atoms with Crippen molar-refractivity contribution in [1.82, 2.24) is 24.8 Å². The van der Waals surface area contributed by atoms with Crippen LogP contribution in [0.15, 0.2) is 24.7 Å². The quantitative estimate of drug-likeness (QED) is 0.389. The molecular formula is C24H26ClF3N6O4. The zero-order chi connectivity index (χ0) is 26.7.